The molecule has 1 atom stereocenters. The van der Waals surface area contributed by atoms with Gasteiger partial charge >= 0.3 is 0 Å². The minimum absolute atomic E-state index is 0.0178. The van der Waals surface area contributed by atoms with Crippen LogP contribution in [0.4, 0.5) is 5.69 Å². The van der Waals surface area contributed by atoms with Crippen LogP contribution in [0.2, 0.25) is 5.02 Å². The van der Waals surface area contributed by atoms with Gasteiger partial charge in [0, 0.05) is 24.6 Å². The molecular formula is C27H26ClN3O2. The van der Waals surface area contributed by atoms with E-state index in [1.54, 1.807) is 0 Å². The average Bonchev–Trinajstić information content (AvgIpc) is 3.36. The number of carbonyl (C=O) groups is 1. The Morgan fingerprint density at radius 1 is 1.00 bits per heavy atom. The zero-order valence-electron chi connectivity index (χ0n) is 18.8. The van der Waals surface area contributed by atoms with E-state index in [1.165, 1.54) is 0 Å². The van der Waals surface area contributed by atoms with Gasteiger partial charge in [-0.1, -0.05) is 54.1 Å². The zero-order valence-corrected chi connectivity index (χ0v) is 19.5. The van der Waals surface area contributed by atoms with Gasteiger partial charge in [-0.25, -0.2) is 4.98 Å². The molecule has 1 aromatic heterocycles. The summed E-state index contributed by atoms with van der Waals surface area (Å²) in [5, 5.41) is 0.596. The van der Waals surface area contributed by atoms with Crippen molar-refractivity contribution in [1.82, 2.24) is 9.55 Å². The first kappa shape index (κ1) is 21.5. The molecule has 0 N–H and O–H groups in total. The predicted molar refractivity (Wildman–Crippen MR) is 132 cm³/mol. The fourth-order valence-corrected chi connectivity index (χ4v) is 4.97. The fourth-order valence-electron chi connectivity index (χ4n) is 4.78. The highest BCUT2D eigenvalue weighted by molar-refractivity contribution is 6.32. The molecule has 0 unspecified atom stereocenters. The highest BCUT2D eigenvalue weighted by atomic mass is 35.5. The molecule has 4 aromatic rings. The van der Waals surface area contributed by atoms with Gasteiger partial charge in [0.25, 0.3) is 0 Å². The number of hydrogen-bond donors (Lipinski definition) is 0. The third kappa shape index (κ3) is 4.09. The Hall–Kier alpha value is -3.31. The number of nitrogens with zero attached hydrogens (tertiary/aromatic N) is 3. The smallest absolute Gasteiger partial charge is 0.227 e. The molecule has 6 heteroatoms. The van der Waals surface area contributed by atoms with Crippen molar-refractivity contribution in [1.29, 1.82) is 0 Å². The van der Waals surface area contributed by atoms with Crippen molar-refractivity contribution in [3.63, 3.8) is 0 Å². The van der Waals surface area contributed by atoms with Crippen LogP contribution in [-0.4, -0.2) is 28.6 Å². The van der Waals surface area contributed by atoms with E-state index in [2.05, 4.69) is 36.6 Å². The van der Waals surface area contributed by atoms with Crippen LogP contribution in [0.1, 0.15) is 29.3 Å². The van der Waals surface area contributed by atoms with E-state index in [0.717, 1.165) is 33.7 Å². The molecule has 0 radical (unpaired) electrons. The number of amides is 1. The number of anilines is 1. The highest BCUT2D eigenvalue weighted by Gasteiger charge is 2.35. The maximum atomic E-state index is 13.1. The number of hydrogen-bond acceptors (Lipinski definition) is 3. The van der Waals surface area contributed by atoms with Crippen molar-refractivity contribution in [3.05, 3.63) is 88.7 Å². The number of halogens is 1. The van der Waals surface area contributed by atoms with Crippen LogP contribution in [0.5, 0.6) is 5.75 Å². The first-order chi connectivity index (χ1) is 16.0. The molecule has 5 nitrogen and oxygen atoms in total. The first-order valence-corrected chi connectivity index (χ1v) is 11.6. The van der Waals surface area contributed by atoms with Gasteiger partial charge in [0.05, 0.1) is 22.6 Å². The van der Waals surface area contributed by atoms with Crippen LogP contribution in [-0.2, 0) is 11.3 Å². The van der Waals surface area contributed by atoms with Gasteiger partial charge in [0.2, 0.25) is 5.91 Å². The van der Waals surface area contributed by atoms with Crippen LogP contribution in [0.3, 0.4) is 0 Å². The van der Waals surface area contributed by atoms with E-state index < -0.39 is 0 Å². The third-order valence-corrected chi connectivity index (χ3v) is 6.61. The number of fused-ring (bicyclic) bond motifs is 1. The van der Waals surface area contributed by atoms with Gasteiger partial charge < -0.3 is 14.2 Å². The molecule has 0 aliphatic carbocycles. The van der Waals surface area contributed by atoms with Crippen molar-refractivity contribution in [3.8, 4) is 5.75 Å². The first-order valence-electron chi connectivity index (χ1n) is 11.2. The topological polar surface area (TPSA) is 47.4 Å². The van der Waals surface area contributed by atoms with Gasteiger partial charge in [-0.2, -0.15) is 0 Å². The lowest BCUT2D eigenvalue weighted by Gasteiger charge is -2.21. The summed E-state index contributed by atoms with van der Waals surface area (Å²) in [6.45, 7) is 5.82. The van der Waals surface area contributed by atoms with Crippen LogP contribution in [0.15, 0.2) is 66.7 Å². The van der Waals surface area contributed by atoms with Crippen molar-refractivity contribution >= 4 is 34.2 Å². The molecule has 33 heavy (non-hydrogen) atoms. The summed E-state index contributed by atoms with van der Waals surface area (Å²) >= 11 is 6.24. The monoisotopic (exact) mass is 459 g/mol. The summed E-state index contributed by atoms with van der Waals surface area (Å²) in [5.41, 5.74) is 5.24. The predicted octanol–water partition coefficient (Wildman–Crippen LogP) is 5.91. The van der Waals surface area contributed by atoms with Gasteiger partial charge in [-0.3, -0.25) is 4.79 Å². The summed E-state index contributed by atoms with van der Waals surface area (Å²) in [6, 6.07) is 21.7. The second kappa shape index (κ2) is 8.91. The Bertz CT molecular complexity index is 1310. The van der Waals surface area contributed by atoms with Crippen LogP contribution in [0, 0.1) is 13.8 Å². The number of imidazole rings is 1. The minimum Gasteiger partial charge on any atom is -0.490 e. The molecule has 2 heterocycles. The second-order valence-electron chi connectivity index (χ2n) is 8.54. The Morgan fingerprint density at radius 2 is 1.73 bits per heavy atom. The standard InChI is InChI=1S/C27H26ClN3O2/c1-18-8-7-9-19(2)26(18)31-17-20(16-25(31)32)27-29-22-11-4-5-12-23(22)30(27)14-15-33-24-13-6-3-10-21(24)28/h3-13,20H,14-17H2,1-2H3/t20-/m0/s1. The lowest BCUT2D eigenvalue weighted by atomic mass is 10.1. The number of benzene rings is 3. The lowest BCUT2D eigenvalue weighted by Crippen LogP contribution is -2.26. The summed E-state index contributed by atoms with van der Waals surface area (Å²) in [5.74, 6) is 1.76. The average molecular weight is 460 g/mol. The molecular weight excluding hydrogens is 434 g/mol. The molecule has 168 valence electrons. The molecule has 0 bridgehead atoms. The van der Waals surface area contributed by atoms with Crippen LogP contribution >= 0.6 is 11.6 Å². The molecule has 1 aliphatic heterocycles. The van der Waals surface area contributed by atoms with E-state index in [4.69, 9.17) is 21.3 Å². The molecule has 1 amide bonds. The number of rotatable bonds is 6. The van der Waals surface area contributed by atoms with Gasteiger partial charge in [-0.15, -0.1) is 0 Å². The van der Waals surface area contributed by atoms with Gasteiger partial charge in [0.15, 0.2) is 0 Å². The molecule has 0 saturated carbocycles. The normalized spacial score (nSPS) is 16.0. The van der Waals surface area contributed by atoms with Gasteiger partial charge in [0.1, 0.15) is 18.2 Å². The summed E-state index contributed by atoms with van der Waals surface area (Å²) in [7, 11) is 0. The molecule has 1 aliphatic rings. The Morgan fingerprint density at radius 3 is 2.52 bits per heavy atom. The maximum Gasteiger partial charge on any atom is 0.227 e. The number of aryl methyl sites for hydroxylation is 2. The molecule has 0 spiro atoms. The maximum absolute atomic E-state index is 13.1. The van der Waals surface area contributed by atoms with Crippen LogP contribution in [0.25, 0.3) is 11.0 Å². The Balaban J connectivity index is 1.43. The second-order valence-corrected chi connectivity index (χ2v) is 8.94. The van der Waals surface area contributed by atoms with Crippen LogP contribution < -0.4 is 9.64 Å². The molecule has 1 fully saturated rings. The van der Waals surface area contributed by atoms with E-state index in [9.17, 15) is 4.79 Å². The quantitative estimate of drug-likeness (QED) is 0.360. The van der Waals surface area contributed by atoms with E-state index in [-0.39, 0.29) is 11.8 Å². The van der Waals surface area contributed by atoms with Crippen molar-refractivity contribution in [2.45, 2.75) is 32.7 Å². The zero-order chi connectivity index (χ0) is 22.9. The van der Waals surface area contributed by atoms with E-state index >= 15 is 0 Å². The largest absolute Gasteiger partial charge is 0.490 e. The minimum atomic E-state index is 0.0178. The third-order valence-electron chi connectivity index (χ3n) is 6.29. The molecule has 5 rings (SSSR count). The molecule has 3 aromatic carbocycles. The van der Waals surface area contributed by atoms with Crippen molar-refractivity contribution < 1.29 is 9.53 Å². The van der Waals surface area contributed by atoms with Gasteiger partial charge in [-0.05, 0) is 49.2 Å². The van der Waals surface area contributed by atoms with Crippen molar-refractivity contribution in [2.24, 2.45) is 0 Å². The number of aromatic nitrogens is 2. The summed E-state index contributed by atoms with van der Waals surface area (Å²) in [6.07, 6.45) is 0.447. The number of carbonyl (C=O) groups excluding carboxylic acids is 1. The van der Waals surface area contributed by atoms with E-state index in [0.29, 0.717) is 36.9 Å². The summed E-state index contributed by atoms with van der Waals surface area (Å²) in [4.78, 5) is 20.0. The van der Waals surface area contributed by atoms with E-state index in [1.807, 2.05) is 53.4 Å². The fraction of sp³-hybridized carbons (Fsp3) is 0.259. The number of ether oxygens (including phenoxy) is 1. The molecule has 1 saturated heterocycles. The van der Waals surface area contributed by atoms with Crippen molar-refractivity contribution in [2.75, 3.05) is 18.1 Å². The highest BCUT2D eigenvalue weighted by Crippen LogP contribution is 2.36. The Labute approximate surface area is 198 Å². The lowest BCUT2D eigenvalue weighted by molar-refractivity contribution is -0.117. The number of para-hydroxylation sites is 4. The SMILES string of the molecule is Cc1cccc(C)c1N1C[C@@H](c2nc3ccccc3n2CCOc2ccccc2Cl)CC1=O. The summed E-state index contributed by atoms with van der Waals surface area (Å²) < 4.78 is 8.15. The Kier molecular flexibility index (Phi) is 5.81.